The minimum atomic E-state index is -0.443. The first-order chi connectivity index (χ1) is 27.0. The molecule has 0 radical (unpaired) electrons. The van der Waals surface area contributed by atoms with E-state index in [1.807, 2.05) is 54.6 Å². The van der Waals surface area contributed by atoms with E-state index in [1.165, 1.54) is 7.11 Å². The molecule has 11 heteroatoms. The molecule has 304 valence electrons. The summed E-state index contributed by atoms with van der Waals surface area (Å²) in [5, 5.41) is 10.2. The zero-order chi connectivity index (χ0) is 39.5. The normalized spacial score (nSPS) is 33.8. The zero-order valence-corrected chi connectivity index (χ0v) is 33.9. The summed E-state index contributed by atoms with van der Waals surface area (Å²) in [7, 11) is 3.08. The number of guanidine groups is 1. The van der Waals surface area contributed by atoms with Crippen molar-refractivity contribution in [3.8, 4) is 5.75 Å². The van der Waals surface area contributed by atoms with Crippen LogP contribution in [0.4, 0.5) is 10.5 Å². The van der Waals surface area contributed by atoms with Gasteiger partial charge in [-0.25, -0.2) is 4.79 Å². The number of hydrogen-bond donors (Lipinski definition) is 3. The summed E-state index contributed by atoms with van der Waals surface area (Å²) in [5.41, 5.74) is 1.16. The molecule has 1 heterocycles. The Labute approximate surface area is 332 Å². The Hall–Kier alpha value is -4.28. The fourth-order valence-electron chi connectivity index (χ4n) is 11.9. The number of aliphatic imine (C=N–C) groups is 1. The summed E-state index contributed by atoms with van der Waals surface area (Å²) in [4.78, 5) is 44.8. The van der Waals surface area contributed by atoms with E-state index in [9.17, 15) is 14.4 Å². The van der Waals surface area contributed by atoms with Gasteiger partial charge in [-0.3, -0.25) is 19.9 Å². The number of esters is 2. The second-order valence-corrected chi connectivity index (χ2v) is 17.7. The smallest absolute Gasteiger partial charge is 0.411 e. The summed E-state index contributed by atoms with van der Waals surface area (Å²) >= 11 is 0. The quantitative estimate of drug-likeness (QED) is 0.156. The van der Waals surface area contributed by atoms with Crippen LogP contribution < -0.4 is 20.7 Å². The van der Waals surface area contributed by atoms with Crippen LogP contribution in [-0.4, -0.2) is 69.6 Å². The van der Waals surface area contributed by atoms with Crippen molar-refractivity contribution < 1.29 is 33.3 Å². The fraction of sp³-hybridized carbons (Fsp3) is 0.644. The van der Waals surface area contributed by atoms with Gasteiger partial charge >= 0.3 is 18.0 Å². The van der Waals surface area contributed by atoms with Gasteiger partial charge in [0.15, 0.2) is 5.96 Å². The summed E-state index contributed by atoms with van der Waals surface area (Å²) in [6, 6.07) is 17.3. The van der Waals surface area contributed by atoms with Crippen molar-refractivity contribution in [1.82, 2.24) is 10.6 Å². The third-order valence-electron chi connectivity index (χ3n) is 14.8. The molecule has 1 amide bonds. The molecule has 7 rings (SSSR count). The molecule has 4 fully saturated rings. The maximum atomic E-state index is 14.0. The second-order valence-electron chi connectivity index (χ2n) is 17.7. The number of benzene rings is 2. The summed E-state index contributed by atoms with van der Waals surface area (Å²) in [6.45, 7) is 8.79. The van der Waals surface area contributed by atoms with Gasteiger partial charge in [-0.2, -0.15) is 0 Å². The Kier molecular flexibility index (Phi) is 12.2. The predicted octanol–water partition coefficient (Wildman–Crippen LogP) is 7.54. The van der Waals surface area contributed by atoms with Crippen molar-refractivity contribution in [1.29, 1.82) is 0 Å². The van der Waals surface area contributed by atoms with E-state index in [0.717, 1.165) is 75.3 Å². The standard InChI is InChI=1S/C45H62N4O7/c1-28(12-19-39(50)54-5)34-17-18-35-41-36(27-38(45(34,35)3)56-43(52)49-31-10-7-6-8-11-31)44(2)21-20-32(48-42-46-22-9-23-47-42)25-30(44)26-37(41)55-40(51)24-29-13-15-33(53-4)16-14-29/h6-8,10-11,13-16,28,30,32,34-38,41H,9,12,17-27H2,1-5H3,(H,49,52)(H2,46,47,48)/t28-,30?,32-,34-,35+,36+,37-,38+,41+,44+,45-/m1/s1. The Morgan fingerprint density at radius 2 is 1.71 bits per heavy atom. The molecule has 2 aromatic rings. The van der Waals surface area contributed by atoms with E-state index in [4.69, 9.17) is 23.9 Å². The molecular formula is C45H62N4O7. The fourth-order valence-corrected chi connectivity index (χ4v) is 11.9. The number of carbonyl (C=O) groups is 3. The Morgan fingerprint density at radius 1 is 0.929 bits per heavy atom. The number of amides is 1. The molecule has 5 aliphatic rings. The van der Waals surface area contributed by atoms with Crippen LogP contribution in [0.15, 0.2) is 59.6 Å². The van der Waals surface area contributed by atoms with Gasteiger partial charge in [-0.05, 0) is 123 Å². The zero-order valence-electron chi connectivity index (χ0n) is 33.9. The largest absolute Gasteiger partial charge is 0.497 e. The molecule has 4 aliphatic carbocycles. The Bertz CT molecular complexity index is 1720. The molecule has 56 heavy (non-hydrogen) atoms. The molecule has 2 aromatic carbocycles. The van der Waals surface area contributed by atoms with Gasteiger partial charge in [0.2, 0.25) is 0 Å². The Balaban J connectivity index is 1.21. The van der Waals surface area contributed by atoms with Crippen LogP contribution in [0.5, 0.6) is 5.75 Å². The molecule has 11 atom stereocenters. The number of rotatable bonds is 11. The summed E-state index contributed by atoms with van der Waals surface area (Å²) < 4.78 is 23.8. The lowest BCUT2D eigenvalue weighted by atomic mass is 9.43. The first-order valence-corrected chi connectivity index (χ1v) is 21.0. The van der Waals surface area contributed by atoms with Crippen molar-refractivity contribution in [2.24, 2.45) is 51.3 Å². The van der Waals surface area contributed by atoms with Gasteiger partial charge in [-0.15, -0.1) is 0 Å². The van der Waals surface area contributed by atoms with Gasteiger partial charge < -0.3 is 29.6 Å². The highest BCUT2D eigenvalue weighted by Gasteiger charge is 2.67. The first-order valence-electron chi connectivity index (χ1n) is 21.0. The third kappa shape index (κ3) is 8.23. The van der Waals surface area contributed by atoms with Gasteiger partial charge in [0.25, 0.3) is 0 Å². The lowest BCUT2D eigenvalue weighted by Crippen LogP contribution is -2.64. The minimum Gasteiger partial charge on any atom is -0.497 e. The molecule has 1 aliphatic heterocycles. The number of nitrogens with one attached hydrogen (secondary N) is 3. The minimum absolute atomic E-state index is 0.0308. The number of fused-ring (bicyclic) bond motifs is 5. The van der Waals surface area contributed by atoms with E-state index in [-0.39, 0.29) is 71.6 Å². The van der Waals surface area contributed by atoms with Crippen molar-refractivity contribution in [2.45, 2.75) is 110 Å². The molecule has 1 unspecified atom stereocenters. The molecule has 3 N–H and O–H groups in total. The van der Waals surface area contributed by atoms with Crippen LogP contribution in [0.25, 0.3) is 0 Å². The predicted molar refractivity (Wildman–Crippen MR) is 215 cm³/mol. The van der Waals surface area contributed by atoms with Crippen LogP contribution in [0.2, 0.25) is 0 Å². The molecule has 0 bridgehead atoms. The SMILES string of the molecule is COC(=O)CC[C@@H](C)[C@H]1CC[C@H]2[C@@H]3[C@H](OC(=O)Cc4ccc(OC)cc4)CC4C[C@H](NC5=NCCCN5)CC[C@]4(C)[C@H]3C[C@H](OC(=O)Nc3ccccc3)[C@]12C. The highest BCUT2D eigenvalue weighted by Crippen LogP contribution is 2.69. The highest BCUT2D eigenvalue weighted by atomic mass is 16.6. The van der Waals surface area contributed by atoms with Crippen LogP contribution in [0.1, 0.15) is 90.5 Å². The van der Waals surface area contributed by atoms with E-state index >= 15 is 0 Å². The number of nitrogens with zero attached hydrogens (tertiary/aromatic N) is 1. The van der Waals surface area contributed by atoms with E-state index in [1.54, 1.807) is 7.11 Å². The monoisotopic (exact) mass is 770 g/mol. The molecule has 0 aromatic heterocycles. The average Bonchev–Trinajstić information content (AvgIpc) is 3.56. The second kappa shape index (κ2) is 17.1. The molecule has 0 saturated heterocycles. The summed E-state index contributed by atoms with van der Waals surface area (Å²) in [6.07, 6.45) is 7.65. The third-order valence-corrected chi connectivity index (χ3v) is 14.8. The lowest BCUT2D eigenvalue weighted by Gasteiger charge is -2.64. The van der Waals surface area contributed by atoms with Crippen LogP contribution in [0, 0.1) is 46.3 Å². The van der Waals surface area contributed by atoms with Crippen molar-refractivity contribution in [2.75, 3.05) is 32.6 Å². The van der Waals surface area contributed by atoms with Crippen LogP contribution in [-0.2, 0) is 30.2 Å². The highest BCUT2D eigenvalue weighted by molar-refractivity contribution is 5.84. The van der Waals surface area contributed by atoms with Crippen LogP contribution >= 0.6 is 0 Å². The summed E-state index contributed by atoms with van der Waals surface area (Å²) in [5.74, 6) is 2.39. The number of anilines is 1. The average molecular weight is 771 g/mol. The maximum Gasteiger partial charge on any atom is 0.411 e. The number of para-hydroxylation sites is 1. The molecule has 0 spiro atoms. The van der Waals surface area contributed by atoms with Crippen molar-refractivity contribution in [3.63, 3.8) is 0 Å². The topological polar surface area (TPSA) is 137 Å². The van der Waals surface area contributed by atoms with E-state index < -0.39 is 11.5 Å². The number of carbonyl (C=O) groups excluding carboxylic acids is 3. The Morgan fingerprint density at radius 3 is 2.43 bits per heavy atom. The number of hydrogen-bond acceptors (Lipinski definition) is 10. The van der Waals surface area contributed by atoms with Gasteiger partial charge in [0.05, 0.1) is 20.6 Å². The van der Waals surface area contributed by atoms with E-state index in [0.29, 0.717) is 30.9 Å². The molecule has 4 saturated carbocycles. The molecule has 11 nitrogen and oxygen atoms in total. The number of methoxy groups -OCH3 is 2. The van der Waals surface area contributed by atoms with Gasteiger partial charge in [0, 0.05) is 42.6 Å². The lowest BCUT2D eigenvalue weighted by molar-refractivity contribution is -0.212. The molecular weight excluding hydrogens is 709 g/mol. The maximum absolute atomic E-state index is 14.0. The van der Waals surface area contributed by atoms with Gasteiger partial charge in [-0.1, -0.05) is 51.1 Å². The van der Waals surface area contributed by atoms with Crippen molar-refractivity contribution >= 4 is 29.7 Å². The van der Waals surface area contributed by atoms with Crippen molar-refractivity contribution in [3.05, 3.63) is 60.2 Å². The number of ether oxygens (including phenoxy) is 4. The first kappa shape index (κ1) is 39.9. The van der Waals surface area contributed by atoms with Gasteiger partial charge in [0.1, 0.15) is 18.0 Å². The van der Waals surface area contributed by atoms with Crippen LogP contribution in [0.3, 0.4) is 0 Å². The van der Waals surface area contributed by atoms with E-state index in [2.05, 4.69) is 36.7 Å².